The average molecular weight is 341 g/mol. The molecule has 3 rings (SSSR count). The standard InChI is InChI=1S/C19H23N3O3/c1-24-13-14-5-7-16(8-6-14)19(23)22-12-15-10-20-18(21-11-15)17-4-2-3-9-25-17/h5-8,10-11,17H,2-4,9,12-13H2,1H3,(H,22,23). The molecule has 6 heteroatoms. The van der Waals surface area contributed by atoms with Gasteiger partial charge in [0.2, 0.25) is 0 Å². The van der Waals surface area contributed by atoms with E-state index < -0.39 is 0 Å². The van der Waals surface area contributed by atoms with Gasteiger partial charge in [-0.15, -0.1) is 0 Å². The van der Waals surface area contributed by atoms with E-state index in [4.69, 9.17) is 9.47 Å². The van der Waals surface area contributed by atoms with Crippen molar-refractivity contribution in [2.45, 2.75) is 38.5 Å². The Labute approximate surface area is 147 Å². The predicted molar refractivity (Wildman–Crippen MR) is 92.9 cm³/mol. The smallest absolute Gasteiger partial charge is 0.251 e. The third-order valence-electron chi connectivity index (χ3n) is 4.17. The summed E-state index contributed by atoms with van der Waals surface area (Å²) in [5.74, 6) is 0.604. The lowest BCUT2D eigenvalue weighted by molar-refractivity contribution is 0.00940. The van der Waals surface area contributed by atoms with Crippen molar-refractivity contribution in [2.75, 3.05) is 13.7 Å². The van der Waals surface area contributed by atoms with Gasteiger partial charge < -0.3 is 14.8 Å². The average Bonchev–Trinajstić information content (AvgIpc) is 2.68. The Morgan fingerprint density at radius 3 is 2.60 bits per heavy atom. The fraction of sp³-hybridized carbons (Fsp3) is 0.421. The molecule has 6 nitrogen and oxygen atoms in total. The number of amides is 1. The number of carbonyl (C=O) groups excluding carboxylic acids is 1. The third-order valence-corrected chi connectivity index (χ3v) is 4.17. The predicted octanol–water partition coefficient (Wildman–Crippen LogP) is 2.79. The number of hydrogen-bond acceptors (Lipinski definition) is 5. The largest absolute Gasteiger partial charge is 0.380 e. The summed E-state index contributed by atoms with van der Waals surface area (Å²) in [5, 5.41) is 2.88. The minimum Gasteiger partial charge on any atom is -0.380 e. The number of nitrogens with zero attached hydrogens (tertiary/aromatic N) is 2. The number of carbonyl (C=O) groups is 1. The van der Waals surface area contributed by atoms with Crippen LogP contribution in [0.5, 0.6) is 0 Å². The zero-order valence-corrected chi connectivity index (χ0v) is 14.4. The second-order valence-corrected chi connectivity index (χ2v) is 6.12. The van der Waals surface area contributed by atoms with Gasteiger partial charge in [0.05, 0.1) is 6.61 Å². The molecular weight excluding hydrogens is 318 g/mol. The Morgan fingerprint density at radius 1 is 1.20 bits per heavy atom. The van der Waals surface area contributed by atoms with Gasteiger partial charge in [0.1, 0.15) is 6.10 Å². The molecule has 25 heavy (non-hydrogen) atoms. The maximum atomic E-state index is 12.2. The molecule has 1 N–H and O–H groups in total. The second kappa shape index (κ2) is 8.69. The van der Waals surface area contributed by atoms with E-state index in [9.17, 15) is 4.79 Å². The zero-order valence-electron chi connectivity index (χ0n) is 14.4. The van der Waals surface area contributed by atoms with Crippen molar-refractivity contribution in [2.24, 2.45) is 0 Å². The van der Waals surface area contributed by atoms with Crippen LogP contribution in [-0.4, -0.2) is 29.6 Å². The van der Waals surface area contributed by atoms with Crippen LogP contribution in [0, 0.1) is 0 Å². The van der Waals surface area contributed by atoms with E-state index in [1.165, 1.54) is 0 Å². The first-order valence-electron chi connectivity index (χ1n) is 8.55. The van der Waals surface area contributed by atoms with Gasteiger partial charge in [0, 0.05) is 43.8 Å². The van der Waals surface area contributed by atoms with Crippen LogP contribution in [0.1, 0.15) is 52.7 Å². The van der Waals surface area contributed by atoms with Crippen molar-refractivity contribution in [3.8, 4) is 0 Å². The van der Waals surface area contributed by atoms with Crippen molar-refractivity contribution in [3.63, 3.8) is 0 Å². The molecular formula is C19H23N3O3. The molecule has 2 heterocycles. The van der Waals surface area contributed by atoms with Crippen LogP contribution in [0.25, 0.3) is 0 Å². The quantitative estimate of drug-likeness (QED) is 0.874. The molecule has 1 aromatic heterocycles. The number of benzene rings is 1. The Kier molecular flexibility index (Phi) is 6.09. The molecule has 1 fully saturated rings. The third kappa shape index (κ3) is 4.84. The van der Waals surface area contributed by atoms with Crippen LogP contribution in [-0.2, 0) is 22.6 Å². The summed E-state index contributed by atoms with van der Waals surface area (Å²) in [7, 11) is 1.65. The second-order valence-electron chi connectivity index (χ2n) is 6.12. The van der Waals surface area contributed by atoms with Crippen LogP contribution in [0.2, 0.25) is 0 Å². The van der Waals surface area contributed by atoms with Crippen molar-refractivity contribution >= 4 is 5.91 Å². The summed E-state index contributed by atoms with van der Waals surface area (Å²) >= 11 is 0. The van der Waals surface area contributed by atoms with Gasteiger partial charge in [-0.3, -0.25) is 4.79 Å². The highest BCUT2D eigenvalue weighted by atomic mass is 16.5. The van der Waals surface area contributed by atoms with E-state index in [-0.39, 0.29) is 12.0 Å². The normalized spacial score (nSPS) is 17.2. The summed E-state index contributed by atoms with van der Waals surface area (Å²) < 4.78 is 10.7. The lowest BCUT2D eigenvalue weighted by Gasteiger charge is -2.21. The number of hydrogen-bond donors (Lipinski definition) is 1. The Hall–Kier alpha value is -2.31. The van der Waals surface area contributed by atoms with Gasteiger partial charge in [0.15, 0.2) is 5.82 Å². The van der Waals surface area contributed by atoms with E-state index in [1.807, 2.05) is 12.1 Å². The zero-order chi connectivity index (χ0) is 17.5. The number of methoxy groups -OCH3 is 1. The number of nitrogens with one attached hydrogen (secondary N) is 1. The van der Waals surface area contributed by atoms with E-state index in [0.29, 0.717) is 18.7 Å². The highest BCUT2D eigenvalue weighted by Crippen LogP contribution is 2.24. The molecule has 1 aliphatic heterocycles. The molecule has 0 bridgehead atoms. The van der Waals surface area contributed by atoms with E-state index in [2.05, 4.69) is 15.3 Å². The van der Waals surface area contributed by atoms with Crippen LogP contribution in [0.3, 0.4) is 0 Å². The molecule has 132 valence electrons. The molecule has 1 amide bonds. The van der Waals surface area contributed by atoms with E-state index in [0.717, 1.165) is 42.8 Å². The molecule has 0 aliphatic carbocycles. The van der Waals surface area contributed by atoms with E-state index in [1.54, 1.807) is 31.6 Å². The van der Waals surface area contributed by atoms with Crippen molar-refractivity contribution in [1.29, 1.82) is 0 Å². The first-order valence-corrected chi connectivity index (χ1v) is 8.55. The number of aromatic nitrogens is 2. The molecule has 1 atom stereocenters. The first-order chi connectivity index (χ1) is 12.3. The minimum atomic E-state index is -0.122. The lowest BCUT2D eigenvalue weighted by atomic mass is 10.1. The summed E-state index contributed by atoms with van der Waals surface area (Å²) in [6.07, 6.45) is 6.73. The fourth-order valence-electron chi connectivity index (χ4n) is 2.77. The van der Waals surface area contributed by atoms with Crippen molar-refractivity contribution < 1.29 is 14.3 Å². The van der Waals surface area contributed by atoms with E-state index >= 15 is 0 Å². The first kappa shape index (κ1) is 17.5. The monoisotopic (exact) mass is 341 g/mol. The minimum absolute atomic E-state index is 0.00278. The highest BCUT2D eigenvalue weighted by Gasteiger charge is 2.18. The van der Waals surface area contributed by atoms with Gasteiger partial charge >= 0.3 is 0 Å². The van der Waals surface area contributed by atoms with Gasteiger partial charge in [-0.05, 0) is 37.0 Å². The molecule has 2 aromatic rings. The van der Waals surface area contributed by atoms with Crippen LogP contribution in [0.4, 0.5) is 0 Å². The summed E-state index contributed by atoms with van der Waals surface area (Å²) in [6.45, 7) is 1.70. The van der Waals surface area contributed by atoms with Crippen molar-refractivity contribution in [3.05, 3.63) is 59.2 Å². The molecule has 0 spiro atoms. The van der Waals surface area contributed by atoms with Gasteiger partial charge in [-0.2, -0.15) is 0 Å². The molecule has 1 aliphatic rings. The molecule has 1 aromatic carbocycles. The lowest BCUT2D eigenvalue weighted by Crippen LogP contribution is -2.23. The topological polar surface area (TPSA) is 73.3 Å². The summed E-state index contributed by atoms with van der Waals surface area (Å²) in [6, 6.07) is 7.37. The van der Waals surface area contributed by atoms with Crippen LogP contribution in [0.15, 0.2) is 36.7 Å². The summed E-state index contributed by atoms with van der Waals surface area (Å²) in [5.41, 5.74) is 2.52. The Balaban J connectivity index is 1.53. The molecule has 0 radical (unpaired) electrons. The Bertz CT molecular complexity index is 680. The van der Waals surface area contributed by atoms with Crippen LogP contribution < -0.4 is 5.32 Å². The van der Waals surface area contributed by atoms with Gasteiger partial charge in [-0.1, -0.05) is 12.1 Å². The highest BCUT2D eigenvalue weighted by molar-refractivity contribution is 5.94. The summed E-state index contributed by atoms with van der Waals surface area (Å²) in [4.78, 5) is 21.0. The molecule has 1 unspecified atom stereocenters. The van der Waals surface area contributed by atoms with Crippen LogP contribution >= 0.6 is 0 Å². The Morgan fingerprint density at radius 2 is 1.96 bits per heavy atom. The fourth-order valence-corrected chi connectivity index (χ4v) is 2.77. The maximum absolute atomic E-state index is 12.2. The number of rotatable bonds is 6. The van der Waals surface area contributed by atoms with Gasteiger partial charge in [-0.25, -0.2) is 9.97 Å². The van der Waals surface area contributed by atoms with Gasteiger partial charge in [0.25, 0.3) is 5.91 Å². The molecule has 0 saturated carbocycles. The number of ether oxygens (including phenoxy) is 2. The maximum Gasteiger partial charge on any atom is 0.251 e. The molecule has 1 saturated heterocycles. The SMILES string of the molecule is COCc1ccc(C(=O)NCc2cnc(C3CCCCO3)nc2)cc1. The van der Waals surface area contributed by atoms with Crippen molar-refractivity contribution in [1.82, 2.24) is 15.3 Å².